The van der Waals surface area contributed by atoms with Gasteiger partial charge >= 0.3 is 24.1 Å². The Morgan fingerprint density at radius 3 is 1.28 bits per heavy atom. The minimum Gasteiger partial charge on any atom is -0.466 e. The monoisotopic (exact) mass is 466 g/mol. The lowest BCUT2D eigenvalue weighted by molar-refractivity contribution is -0.152. The Morgan fingerprint density at radius 2 is 1.09 bits per heavy atom. The topological polar surface area (TPSA) is 114 Å². The summed E-state index contributed by atoms with van der Waals surface area (Å²) >= 11 is 0. The SMILES string of the molecule is CCCC(C)OC(C)=O.CCOC(=O)C(C)(C)C.CCOC(=O)OCC.CCOC(C)=O. The number of ether oxygens (including phenoxy) is 5. The average molecular weight is 467 g/mol. The van der Waals surface area contributed by atoms with Gasteiger partial charge in [0.25, 0.3) is 0 Å². The van der Waals surface area contributed by atoms with E-state index in [-0.39, 0.29) is 29.4 Å². The van der Waals surface area contributed by atoms with Crippen LogP contribution in [0.4, 0.5) is 4.79 Å². The molecule has 0 rings (SSSR count). The van der Waals surface area contributed by atoms with Gasteiger partial charge in [0.15, 0.2) is 0 Å². The molecular formula is C23H46O9. The molecule has 0 aromatic heterocycles. The van der Waals surface area contributed by atoms with Crippen LogP contribution in [-0.4, -0.2) is 56.6 Å². The number of hydrogen-bond donors (Lipinski definition) is 0. The second kappa shape index (κ2) is 24.9. The van der Waals surface area contributed by atoms with Crippen LogP contribution in [0.1, 0.15) is 89.0 Å². The predicted octanol–water partition coefficient (Wildman–Crippen LogP) is 5.08. The van der Waals surface area contributed by atoms with Crippen molar-refractivity contribution in [2.75, 3.05) is 26.4 Å². The van der Waals surface area contributed by atoms with Gasteiger partial charge in [-0.2, -0.15) is 0 Å². The first-order valence-electron chi connectivity index (χ1n) is 11.0. The summed E-state index contributed by atoms with van der Waals surface area (Å²) in [6.45, 7) is 21.1. The van der Waals surface area contributed by atoms with E-state index in [4.69, 9.17) is 9.47 Å². The summed E-state index contributed by atoms with van der Waals surface area (Å²) in [5, 5.41) is 0. The zero-order valence-corrected chi connectivity index (χ0v) is 22.0. The van der Waals surface area contributed by atoms with Gasteiger partial charge in [0.1, 0.15) is 0 Å². The van der Waals surface area contributed by atoms with Crippen molar-refractivity contribution in [1.29, 1.82) is 0 Å². The van der Waals surface area contributed by atoms with Crippen LogP contribution in [0.15, 0.2) is 0 Å². The third kappa shape index (κ3) is 38.3. The van der Waals surface area contributed by atoms with Crippen LogP contribution in [0.5, 0.6) is 0 Å². The zero-order chi connectivity index (χ0) is 26.2. The van der Waals surface area contributed by atoms with Gasteiger partial charge in [-0.1, -0.05) is 13.3 Å². The smallest absolute Gasteiger partial charge is 0.466 e. The van der Waals surface area contributed by atoms with Gasteiger partial charge < -0.3 is 23.7 Å². The van der Waals surface area contributed by atoms with Gasteiger partial charge in [-0.15, -0.1) is 0 Å². The predicted molar refractivity (Wildman–Crippen MR) is 123 cm³/mol. The van der Waals surface area contributed by atoms with E-state index in [1.165, 1.54) is 13.8 Å². The second-order valence-electron chi connectivity index (χ2n) is 7.22. The van der Waals surface area contributed by atoms with Crippen LogP contribution in [0.2, 0.25) is 0 Å². The third-order valence-electron chi connectivity index (χ3n) is 2.82. The maximum atomic E-state index is 10.8. The lowest BCUT2D eigenvalue weighted by Gasteiger charge is -2.14. The molecule has 0 heterocycles. The maximum absolute atomic E-state index is 10.8. The van der Waals surface area contributed by atoms with Gasteiger partial charge in [0, 0.05) is 13.8 Å². The highest BCUT2D eigenvalue weighted by molar-refractivity contribution is 5.75. The molecule has 0 fully saturated rings. The Morgan fingerprint density at radius 1 is 0.688 bits per heavy atom. The molecule has 0 aromatic rings. The molecule has 0 saturated heterocycles. The number of rotatable bonds is 7. The van der Waals surface area contributed by atoms with E-state index in [2.05, 4.69) is 21.1 Å². The standard InChI is InChI=1S/2C7H14O2.C5H10O3.C4H8O2/c1-5-9-6(8)7(2,3)4;1-4-5-6(2)9-7(3)8;1-3-7-5(6)8-4-2;1-3-6-4(2)5/h5H2,1-4H3;6H,4-5H2,1-3H3;3-4H2,1-2H3;3H2,1-2H3. The van der Waals surface area contributed by atoms with Crippen molar-refractivity contribution in [2.24, 2.45) is 5.41 Å². The van der Waals surface area contributed by atoms with Crippen molar-refractivity contribution in [3.8, 4) is 0 Å². The summed E-state index contributed by atoms with van der Waals surface area (Å²) in [5.74, 6) is -0.529. The van der Waals surface area contributed by atoms with Crippen molar-refractivity contribution < 1.29 is 42.9 Å². The van der Waals surface area contributed by atoms with E-state index in [0.717, 1.165) is 12.8 Å². The largest absolute Gasteiger partial charge is 0.508 e. The average Bonchev–Trinajstić information content (AvgIpc) is 2.62. The quantitative estimate of drug-likeness (QED) is 0.374. The zero-order valence-electron chi connectivity index (χ0n) is 22.0. The Bertz CT molecular complexity index is 474. The maximum Gasteiger partial charge on any atom is 0.508 e. The normalized spacial score (nSPS) is 10.2. The molecule has 0 aliphatic rings. The molecule has 0 spiro atoms. The van der Waals surface area contributed by atoms with Crippen molar-refractivity contribution in [1.82, 2.24) is 0 Å². The Labute approximate surface area is 194 Å². The number of hydrogen-bond acceptors (Lipinski definition) is 9. The molecule has 9 heteroatoms. The van der Waals surface area contributed by atoms with Gasteiger partial charge in [-0.3, -0.25) is 14.4 Å². The highest BCUT2D eigenvalue weighted by Crippen LogP contribution is 2.14. The molecule has 0 aromatic carbocycles. The molecule has 0 aliphatic heterocycles. The van der Waals surface area contributed by atoms with Crippen molar-refractivity contribution in [3.63, 3.8) is 0 Å². The van der Waals surface area contributed by atoms with Crippen molar-refractivity contribution in [2.45, 2.75) is 95.1 Å². The van der Waals surface area contributed by atoms with E-state index in [0.29, 0.717) is 26.4 Å². The second-order valence-corrected chi connectivity index (χ2v) is 7.22. The lowest BCUT2D eigenvalue weighted by Crippen LogP contribution is -2.22. The molecule has 0 amide bonds. The summed E-state index contributed by atoms with van der Waals surface area (Å²) in [6.07, 6.45) is 1.52. The first-order valence-corrected chi connectivity index (χ1v) is 11.0. The van der Waals surface area contributed by atoms with Crippen LogP contribution < -0.4 is 0 Å². The lowest BCUT2D eigenvalue weighted by atomic mass is 9.97. The van der Waals surface area contributed by atoms with E-state index in [9.17, 15) is 19.2 Å². The van der Waals surface area contributed by atoms with Crippen LogP contribution in [0.3, 0.4) is 0 Å². The molecule has 0 saturated carbocycles. The van der Waals surface area contributed by atoms with E-state index in [1.54, 1.807) is 20.8 Å². The van der Waals surface area contributed by atoms with Gasteiger partial charge in [-0.05, 0) is 61.8 Å². The van der Waals surface area contributed by atoms with Gasteiger partial charge in [0.2, 0.25) is 0 Å². The molecule has 192 valence electrons. The van der Waals surface area contributed by atoms with Crippen molar-refractivity contribution in [3.05, 3.63) is 0 Å². The molecule has 0 bridgehead atoms. The minimum atomic E-state index is -0.588. The summed E-state index contributed by atoms with van der Waals surface area (Å²) in [5.41, 5.74) is -0.351. The summed E-state index contributed by atoms with van der Waals surface area (Å²) in [6, 6.07) is 0. The Hall–Kier alpha value is -2.32. The van der Waals surface area contributed by atoms with Crippen molar-refractivity contribution >= 4 is 24.1 Å². The first-order chi connectivity index (χ1) is 14.7. The molecule has 0 aliphatic carbocycles. The van der Waals surface area contributed by atoms with E-state index < -0.39 is 6.16 Å². The fourth-order valence-corrected chi connectivity index (χ4v) is 1.58. The molecule has 9 nitrogen and oxygen atoms in total. The summed E-state index contributed by atoms with van der Waals surface area (Å²) < 4.78 is 22.9. The number of carbonyl (C=O) groups is 4. The van der Waals surface area contributed by atoms with Crippen LogP contribution in [0, 0.1) is 5.41 Å². The molecule has 1 atom stereocenters. The molecular weight excluding hydrogens is 420 g/mol. The molecule has 0 N–H and O–H groups in total. The first kappa shape index (κ1) is 37.0. The fraction of sp³-hybridized carbons (Fsp3) is 0.826. The third-order valence-corrected chi connectivity index (χ3v) is 2.82. The van der Waals surface area contributed by atoms with E-state index >= 15 is 0 Å². The highest BCUT2D eigenvalue weighted by Gasteiger charge is 2.21. The van der Waals surface area contributed by atoms with Crippen LogP contribution in [0.25, 0.3) is 0 Å². The number of esters is 3. The molecule has 0 radical (unpaired) electrons. The Balaban J connectivity index is -0.000000165. The summed E-state index contributed by atoms with van der Waals surface area (Å²) in [7, 11) is 0. The highest BCUT2D eigenvalue weighted by atomic mass is 16.7. The van der Waals surface area contributed by atoms with E-state index in [1.807, 2.05) is 34.6 Å². The van der Waals surface area contributed by atoms with Gasteiger partial charge in [0.05, 0.1) is 37.9 Å². The number of carbonyl (C=O) groups excluding carboxylic acids is 4. The van der Waals surface area contributed by atoms with Gasteiger partial charge in [-0.25, -0.2) is 4.79 Å². The summed E-state index contributed by atoms with van der Waals surface area (Å²) in [4.78, 5) is 41.2. The molecule has 32 heavy (non-hydrogen) atoms. The fourth-order valence-electron chi connectivity index (χ4n) is 1.58. The minimum absolute atomic E-state index is 0.0903. The van der Waals surface area contributed by atoms with Crippen LogP contribution >= 0.6 is 0 Å². The molecule has 1 unspecified atom stereocenters. The Kier molecular flexibility index (Phi) is 28.9. The van der Waals surface area contributed by atoms with Crippen LogP contribution in [-0.2, 0) is 38.1 Å².